The van der Waals surface area contributed by atoms with Crippen LogP contribution in [0.15, 0.2) is 103 Å². The predicted octanol–water partition coefficient (Wildman–Crippen LogP) is 6.51. The van der Waals surface area contributed by atoms with E-state index in [2.05, 4.69) is 70.6 Å². The smallest absolute Gasteiger partial charge is 0.295 e. The molecule has 0 spiro atoms. The third-order valence-corrected chi connectivity index (χ3v) is 13.6. The Morgan fingerprint density at radius 3 is 1.50 bits per heavy atom. The van der Waals surface area contributed by atoms with Crippen LogP contribution in [-0.4, -0.2) is 129 Å². The number of hydrogen-bond acceptors (Lipinski definition) is 14. The van der Waals surface area contributed by atoms with Gasteiger partial charge < -0.3 is 38.4 Å². The van der Waals surface area contributed by atoms with Crippen LogP contribution >= 0.6 is 27.5 Å². The average Bonchev–Trinajstić information content (AvgIpc) is 4.31. The lowest BCUT2D eigenvalue weighted by molar-refractivity contribution is -0.128. The summed E-state index contributed by atoms with van der Waals surface area (Å²) in [4.78, 5) is 89.1. The maximum Gasteiger partial charge on any atom is 0.295 e. The number of halogens is 2. The van der Waals surface area contributed by atoms with Crippen LogP contribution in [0.25, 0.3) is 56.0 Å². The van der Waals surface area contributed by atoms with Crippen molar-refractivity contribution in [3.63, 3.8) is 0 Å². The minimum absolute atomic E-state index is 0.168. The molecule has 2 aliphatic rings. The van der Waals surface area contributed by atoms with Gasteiger partial charge in [0.2, 0.25) is 0 Å². The van der Waals surface area contributed by atoms with Crippen molar-refractivity contribution >= 4 is 72.7 Å². The van der Waals surface area contributed by atoms with Crippen molar-refractivity contribution in [2.75, 3.05) is 27.3 Å². The zero-order valence-electron chi connectivity index (χ0n) is 39.9. The second kappa shape index (κ2) is 19.3. The number of aromatic nitrogens is 14. The third kappa shape index (κ3) is 8.33. The van der Waals surface area contributed by atoms with Crippen molar-refractivity contribution in [3.05, 3.63) is 142 Å². The molecule has 8 aromatic heterocycles. The van der Waals surface area contributed by atoms with Gasteiger partial charge in [0.1, 0.15) is 52.1 Å². The first-order valence-electron chi connectivity index (χ1n) is 23.1. The van der Waals surface area contributed by atoms with Crippen molar-refractivity contribution in [2.45, 2.75) is 40.0 Å². The number of carbonyl (C=O) groups excluding carboxylic acids is 4. The second-order valence-electron chi connectivity index (χ2n) is 17.2. The number of pyridine rings is 2. The molecule has 0 aliphatic carbocycles. The number of aromatic amines is 2. The molecule has 2 aromatic carbocycles. The van der Waals surface area contributed by atoms with Crippen LogP contribution in [0.3, 0.4) is 0 Å². The number of ketones is 2. The van der Waals surface area contributed by atoms with Crippen molar-refractivity contribution in [3.8, 4) is 45.6 Å². The fourth-order valence-corrected chi connectivity index (χ4v) is 10.3. The molecule has 10 aromatic rings. The number of rotatable bonds is 10. The monoisotopic (exact) mass is 1080 g/mol. The van der Waals surface area contributed by atoms with Gasteiger partial charge >= 0.3 is 0 Å². The normalized spacial score (nSPS) is 13.1. The van der Waals surface area contributed by atoms with Crippen LogP contribution in [0.4, 0.5) is 0 Å². The molecular weight excluding hydrogens is 1040 g/mol. The predicted molar refractivity (Wildman–Crippen MR) is 272 cm³/mol. The van der Waals surface area contributed by atoms with Crippen molar-refractivity contribution < 1.29 is 28.7 Å². The minimum Gasteiger partial charge on any atom is -0.494 e. The van der Waals surface area contributed by atoms with Crippen LogP contribution < -0.4 is 9.47 Å². The molecule has 12 rings (SSSR count). The Balaban J connectivity index is 0.000000159. The number of aryl methyl sites for hydroxylation is 2. The molecule has 24 heteroatoms. The van der Waals surface area contributed by atoms with E-state index in [1.807, 2.05) is 65.2 Å². The van der Waals surface area contributed by atoms with E-state index in [1.165, 1.54) is 70.8 Å². The zero-order chi connectivity index (χ0) is 51.4. The molecule has 372 valence electrons. The van der Waals surface area contributed by atoms with Gasteiger partial charge in [-0.2, -0.15) is 10.2 Å². The van der Waals surface area contributed by atoms with Gasteiger partial charge in [-0.1, -0.05) is 72.3 Å². The summed E-state index contributed by atoms with van der Waals surface area (Å²) in [5, 5.41) is 9.90. The molecule has 0 unspecified atom stereocenters. The largest absolute Gasteiger partial charge is 0.494 e. The number of hydrogen-bond donors (Lipinski definition) is 2. The Morgan fingerprint density at radius 1 is 0.608 bits per heavy atom. The van der Waals surface area contributed by atoms with Crippen LogP contribution in [0.1, 0.15) is 44.0 Å². The second-order valence-corrected chi connectivity index (χ2v) is 18.3. The highest BCUT2D eigenvalue weighted by molar-refractivity contribution is 9.10. The lowest BCUT2D eigenvalue weighted by Crippen LogP contribution is -2.42. The number of imidazole rings is 2. The summed E-state index contributed by atoms with van der Waals surface area (Å²) < 4.78 is 18.8. The summed E-state index contributed by atoms with van der Waals surface area (Å²) in [6.07, 6.45) is 9.07. The number of nitrogens with zero attached hydrogens (tertiary/aromatic N) is 14. The highest BCUT2D eigenvalue weighted by atomic mass is 79.9. The van der Waals surface area contributed by atoms with Crippen LogP contribution in [-0.2, 0) is 35.8 Å². The highest BCUT2D eigenvalue weighted by Gasteiger charge is 2.34. The number of fused-ring (bicyclic) bond motifs is 4. The summed E-state index contributed by atoms with van der Waals surface area (Å²) in [6.45, 7) is 5.63. The summed E-state index contributed by atoms with van der Waals surface area (Å²) in [5.41, 5.74) is 5.16. The Hall–Kier alpha value is -8.83. The zero-order valence-corrected chi connectivity index (χ0v) is 42.3. The number of amides is 2. The Morgan fingerprint density at radius 2 is 1.05 bits per heavy atom. The number of Topliss-reactive ketones (excluding diaryl/α,β-unsaturated/α-hetero) is 2. The molecule has 2 N–H and O–H groups in total. The highest BCUT2D eigenvalue weighted by Crippen LogP contribution is 2.36. The van der Waals surface area contributed by atoms with E-state index in [0.717, 1.165) is 22.5 Å². The Labute approximate surface area is 433 Å². The summed E-state index contributed by atoms with van der Waals surface area (Å²) in [7, 11) is 2.97. The molecule has 2 amide bonds. The van der Waals surface area contributed by atoms with Gasteiger partial charge in [0, 0.05) is 49.7 Å². The van der Waals surface area contributed by atoms with Gasteiger partial charge in [0.05, 0.1) is 84.0 Å². The van der Waals surface area contributed by atoms with Crippen LogP contribution in [0.5, 0.6) is 11.5 Å². The summed E-state index contributed by atoms with van der Waals surface area (Å²) in [6, 6.07) is 19.7. The first kappa shape index (κ1) is 47.5. The first-order chi connectivity index (χ1) is 35.9. The van der Waals surface area contributed by atoms with Gasteiger partial charge in [0.25, 0.3) is 23.4 Å². The van der Waals surface area contributed by atoms with E-state index < -0.39 is 23.4 Å². The minimum atomic E-state index is -0.661. The van der Waals surface area contributed by atoms with E-state index in [9.17, 15) is 19.2 Å². The van der Waals surface area contributed by atoms with E-state index >= 15 is 0 Å². The van der Waals surface area contributed by atoms with E-state index in [1.54, 1.807) is 13.8 Å². The van der Waals surface area contributed by atoms with Crippen LogP contribution in [0, 0.1) is 13.8 Å². The third-order valence-electron chi connectivity index (χ3n) is 12.8. The van der Waals surface area contributed by atoms with Crippen LogP contribution in [0.2, 0.25) is 5.15 Å². The fraction of sp³-hybridized carbons (Fsp3) is 0.200. The molecule has 0 fully saturated rings. The quantitative estimate of drug-likeness (QED) is 0.109. The fourth-order valence-electron chi connectivity index (χ4n) is 9.32. The maximum absolute atomic E-state index is 13.5. The molecule has 2 aliphatic heterocycles. The van der Waals surface area contributed by atoms with Crippen molar-refractivity contribution in [1.29, 1.82) is 0 Å². The number of H-pyrrole nitrogens is 2. The SMILES string of the molecule is COc1cnc(-n2cnc(C)n2)c2[nH]cc(C(=O)C(=O)N3CCn4c(nc(Br)c4-c4ccccc4)C3)c12.COc1cnc(-n2cnc(C)n2)c2[nH]cc(C(=O)C(=O)N3CCn4c(nc(Cl)c4-c4ccccc4)C3)c12. The molecular formula is C50H42BrClN16O6. The topological polar surface area (TPSA) is 248 Å². The average molecular weight is 1080 g/mol. The van der Waals surface area contributed by atoms with Gasteiger partial charge in [-0.3, -0.25) is 19.2 Å². The first-order valence-corrected chi connectivity index (χ1v) is 24.2. The van der Waals surface area contributed by atoms with Gasteiger partial charge in [0.15, 0.2) is 16.8 Å². The van der Waals surface area contributed by atoms with Crippen molar-refractivity contribution in [2.24, 2.45) is 0 Å². The molecule has 22 nitrogen and oxygen atoms in total. The number of methoxy groups -OCH3 is 2. The number of nitrogens with one attached hydrogen (secondary N) is 2. The molecule has 0 saturated carbocycles. The van der Waals surface area contributed by atoms with E-state index in [-0.39, 0.29) is 24.2 Å². The lowest BCUT2D eigenvalue weighted by atomic mass is 10.1. The number of benzene rings is 2. The summed E-state index contributed by atoms with van der Waals surface area (Å²) in [5.74, 6) is 1.56. The Kier molecular flexibility index (Phi) is 12.4. The molecule has 0 atom stereocenters. The molecule has 0 bridgehead atoms. The van der Waals surface area contributed by atoms with Gasteiger partial charge in [-0.05, 0) is 29.8 Å². The van der Waals surface area contributed by atoms with Gasteiger partial charge in [-0.25, -0.2) is 39.3 Å². The Bertz CT molecular complexity index is 3590. The molecule has 0 saturated heterocycles. The number of carbonyl (C=O) groups is 4. The molecule has 74 heavy (non-hydrogen) atoms. The number of ether oxygens (including phenoxy) is 2. The molecule has 10 heterocycles. The molecule has 0 radical (unpaired) electrons. The summed E-state index contributed by atoms with van der Waals surface area (Å²) >= 11 is 10.0. The van der Waals surface area contributed by atoms with Gasteiger partial charge in [-0.15, -0.1) is 0 Å². The van der Waals surface area contributed by atoms with E-state index in [0.29, 0.717) is 104 Å². The lowest BCUT2D eigenvalue weighted by Gasteiger charge is -2.28. The maximum atomic E-state index is 13.5. The standard InChI is InChI=1S/C25H21BrN8O3.C25H21ClN8O3/c2*1-14-29-13-34(31-14)24-20-19(17(37-2)11-28-24)16(10-27-20)22(35)25(36)32-8-9-33-18(12-32)30-23(26)21(33)15-6-4-3-5-7-15/h2*3-7,10-11,13,27H,8-9,12H2,1-2H3. The van der Waals surface area contributed by atoms with E-state index in [4.69, 9.17) is 21.1 Å². The van der Waals surface area contributed by atoms with Crippen molar-refractivity contribution in [1.82, 2.24) is 78.4 Å².